The number of amides is 2. The van der Waals surface area contributed by atoms with Crippen molar-refractivity contribution in [2.24, 2.45) is 5.92 Å². The molecule has 0 bridgehead atoms. The SMILES string of the molecule is Cc1cc(OCC(=O)N2CCN(C(=O)C3CCCC3)CC2)ccc1Cl. The maximum absolute atomic E-state index is 12.4. The van der Waals surface area contributed by atoms with Crippen molar-refractivity contribution in [2.45, 2.75) is 32.6 Å². The number of halogens is 1. The number of piperazine rings is 1. The van der Waals surface area contributed by atoms with Gasteiger partial charge in [0, 0.05) is 37.1 Å². The van der Waals surface area contributed by atoms with Crippen molar-refractivity contribution >= 4 is 23.4 Å². The molecule has 0 radical (unpaired) electrons. The lowest BCUT2D eigenvalue weighted by atomic mass is 10.1. The van der Waals surface area contributed by atoms with E-state index < -0.39 is 0 Å². The van der Waals surface area contributed by atoms with E-state index in [0.29, 0.717) is 37.0 Å². The van der Waals surface area contributed by atoms with Crippen LogP contribution in [-0.4, -0.2) is 54.4 Å². The summed E-state index contributed by atoms with van der Waals surface area (Å²) in [4.78, 5) is 28.5. The smallest absolute Gasteiger partial charge is 0.260 e. The first-order valence-corrected chi connectivity index (χ1v) is 9.38. The first kappa shape index (κ1) is 18.1. The summed E-state index contributed by atoms with van der Waals surface area (Å²) in [5.74, 6) is 1.09. The van der Waals surface area contributed by atoms with Crippen LogP contribution in [0.1, 0.15) is 31.2 Å². The molecule has 0 atom stereocenters. The highest BCUT2D eigenvalue weighted by Gasteiger charge is 2.30. The second-order valence-corrected chi connectivity index (χ2v) is 7.29. The summed E-state index contributed by atoms with van der Waals surface area (Å²) >= 11 is 5.99. The fourth-order valence-electron chi connectivity index (χ4n) is 3.55. The van der Waals surface area contributed by atoms with E-state index in [2.05, 4.69) is 0 Å². The van der Waals surface area contributed by atoms with Crippen LogP contribution in [0, 0.1) is 12.8 Å². The number of ether oxygens (including phenoxy) is 1. The summed E-state index contributed by atoms with van der Waals surface area (Å²) in [7, 11) is 0. The van der Waals surface area contributed by atoms with Gasteiger partial charge in [-0.05, 0) is 43.5 Å². The second kappa shape index (κ2) is 8.09. The van der Waals surface area contributed by atoms with Gasteiger partial charge in [-0.1, -0.05) is 24.4 Å². The van der Waals surface area contributed by atoms with Crippen LogP contribution >= 0.6 is 11.6 Å². The molecule has 5 nitrogen and oxygen atoms in total. The van der Waals surface area contributed by atoms with E-state index in [1.54, 1.807) is 17.0 Å². The molecule has 0 aromatic heterocycles. The van der Waals surface area contributed by atoms with Crippen LogP contribution in [0.15, 0.2) is 18.2 Å². The quantitative estimate of drug-likeness (QED) is 0.825. The van der Waals surface area contributed by atoms with Gasteiger partial charge in [-0.15, -0.1) is 0 Å². The van der Waals surface area contributed by atoms with Crippen LogP contribution in [0.2, 0.25) is 5.02 Å². The molecule has 1 aliphatic carbocycles. The molecule has 1 aromatic rings. The average Bonchev–Trinajstić information content (AvgIpc) is 3.16. The molecular weight excluding hydrogens is 340 g/mol. The van der Waals surface area contributed by atoms with E-state index >= 15 is 0 Å². The minimum Gasteiger partial charge on any atom is -0.484 e. The van der Waals surface area contributed by atoms with E-state index in [1.807, 2.05) is 17.9 Å². The number of rotatable bonds is 4. The van der Waals surface area contributed by atoms with Gasteiger partial charge in [0.2, 0.25) is 5.91 Å². The molecule has 136 valence electrons. The lowest BCUT2D eigenvalue weighted by molar-refractivity contribution is -0.142. The molecule has 6 heteroatoms. The molecule has 2 amide bonds. The van der Waals surface area contributed by atoms with Gasteiger partial charge in [0.25, 0.3) is 5.91 Å². The third kappa shape index (κ3) is 4.46. The number of aryl methyl sites for hydroxylation is 1. The normalized spacial score (nSPS) is 18.5. The molecule has 1 saturated heterocycles. The van der Waals surface area contributed by atoms with Gasteiger partial charge < -0.3 is 14.5 Å². The molecule has 1 heterocycles. The Labute approximate surface area is 153 Å². The van der Waals surface area contributed by atoms with Gasteiger partial charge >= 0.3 is 0 Å². The average molecular weight is 365 g/mol. The van der Waals surface area contributed by atoms with E-state index in [4.69, 9.17) is 16.3 Å². The van der Waals surface area contributed by atoms with Crippen molar-refractivity contribution in [1.82, 2.24) is 9.80 Å². The van der Waals surface area contributed by atoms with E-state index in [1.165, 1.54) is 0 Å². The Morgan fingerprint density at radius 1 is 1.12 bits per heavy atom. The van der Waals surface area contributed by atoms with Crippen molar-refractivity contribution in [3.05, 3.63) is 28.8 Å². The minimum absolute atomic E-state index is 0.0116. The van der Waals surface area contributed by atoms with E-state index in [-0.39, 0.29) is 24.3 Å². The third-order valence-corrected chi connectivity index (χ3v) is 5.56. The van der Waals surface area contributed by atoms with Crippen molar-refractivity contribution in [1.29, 1.82) is 0 Å². The molecular formula is C19H25ClN2O3. The summed E-state index contributed by atoms with van der Waals surface area (Å²) in [5, 5.41) is 0.682. The molecule has 2 aliphatic rings. The molecule has 25 heavy (non-hydrogen) atoms. The predicted octanol–water partition coefficient (Wildman–Crippen LogP) is 2.89. The highest BCUT2D eigenvalue weighted by atomic mass is 35.5. The summed E-state index contributed by atoms with van der Waals surface area (Å²) < 4.78 is 5.58. The summed E-state index contributed by atoms with van der Waals surface area (Å²) in [6.45, 7) is 4.33. The number of hydrogen-bond acceptors (Lipinski definition) is 3. The first-order chi connectivity index (χ1) is 12.0. The minimum atomic E-state index is -0.0411. The van der Waals surface area contributed by atoms with Crippen LogP contribution in [0.4, 0.5) is 0 Å². The van der Waals surface area contributed by atoms with Crippen molar-refractivity contribution in [3.63, 3.8) is 0 Å². The van der Waals surface area contributed by atoms with Crippen LogP contribution in [0.5, 0.6) is 5.75 Å². The van der Waals surface area contributed by atoms with Crippen LogP contribution in [-0.2, 0) is 9.59 Å². The van der Waals surface area contributed by atoms with Gasteiger partial charge in [-0.25, -0.2) is 0 Å². The molecule has 0 N–H and O–H groups in total. The summed E-state index contributed by atoms with van der Waals surface area (Å²) in [5.41, 5.74) is 0.922. The molecule has 1 aliphatic heterocycles. The Balaban J connectivity index is 1.44. The third-order valence-electron chi connectivity index (χ3n) is 5.14. The van der Waals surface area contributed by atoms with Gasteiger partial charge in [0.05, 0.1) is 0 Å². The van der Waals surface area contributed by atoms with Gasteiger partial charge in [0.1, 0.15) is 5.75 Å². The molecule has 1 aromatic carbocycles. The number of carbonyl (C=O) groups is 2. The highest BCUT2D eigenvalue weighted by Crippen LogP contribution is 2.27. The zero-order valence-electron chi connectivity index (χ0n) is 14.7. The molecule has 3 rings (SSSR count). The van der Waals surface area contributed by atoms with Crippen molar-refractivity contribution in [3.8, 4) is 5.75 Å². The lowest BCUT2D eigenvalue weighted by Crippen LogP contribution is -2.52. The zero-order chi connectivity index (χ0) is 17.8. The Morgan fingerprint density at radius 2 is 1.76 bits per heavy atom. The zero-order valence-corrected chi connectivity index (χ0v) is 15.4. The monoisotopic (exact) mass is 364 g/mol. The van der Waals surface area contributed by atoms with Crippen LogP contribution < -0.4 is 4.74 Å². The molecule has 0 unspecified atom stereocenters. The summed E-state index contributed by atoms with van der Waals surface area (Å²) in [6, 6.07) is 5.36. The topological polar surface area (TPSA) is 49.9 Å². The van der Waals surface area contributed by atoms with Crippen molar-refractivity contribution in [2.75, 3.05) is 32.8 Å². The molecule has 2 fully saturated rings. The predicted molar refractivity (Wildman–Crippen MR) is 96.8 cm³/mol. The highest BCUT2D eigenvalue weighted by molar-refractivity contribution is 6.31. The Hall–Kier alpha value is -1.75. The summed E-state index contributed by atoms with van der Waals surface area (Å²) in [6.07, 6.45) is 4.37. The van der Waals surface area contributed by atoms with Crippen molar-refractivity contribution < 1.29 is 14.3 Å². The van der Waals surface area contributed by atoms with Gasteiger partial charge in [-0.3, -0.25) is 9.59 Å². The number of hydrogen-bond donors (Lipinski definition) is 0. The Kier molecular flexibility index (Phi) is 5.84. The molecule has 0 spiro atoms. The molecule has 1 saturated carbocycles. The number of nitrogens with zero attached hydrogens (tertiary/aromatic N) is 2. The Morgan fingerprint density at radius 3 is 2.40 bits per heavy atom. The largest absolute Gasteiger partial charge is 0.484 e. The standard InChI is InChI=1S/C19H25ClN2O3/c1-14-12-16(6-7-17(14)20)25-13-18(23)21-8-10-22(11-9-21)19(24)15-4-2-3-5-15/h6-7,12,15H,2-5,8-11,13H2,1H3. The maximum Gasteiger partial charge on any atom is 0.260 e. The van der Waals surface area contributed by atoms with Gasteiger partial charge in [0.15, 0.2) is 6.61 Å². The number of benzene rings is 1. The maximum atomic E-state index is 12.4. The van der Waals surface area contributed by atoms with E-state index in [0.717, 1.165) is 31.2 Å². The lowest BCUT2D eigenvalue weighted by Gasteiger charge is -2.36. The van der Waals surface area contributed by atoms with E-state index in [9.17, 15) is 9.59 Å². The van der Waals surface area contributed by atoms with Crippen LogP contribution in [0.25, 0.3) is 0 Å². The first-order valence-electron chi connectivity index (χ1n) is 9.00. The fraction of sp³-hybridized carbons (Fsp3) is 0.579. The van der Waals surface area contributed by atoms with Gasteiger partial charge in [-0.2, -0.15) is 0 Å². The number of carbonyl (C=O) groups excluding carboxylic acids is 2. The Bertz CT molecular complexity index is 636. The van der Waals surface area contributed by atoms with Crippen LogP contribution in [0.3, 0.4) is 0 Å². The second-order valence-electron chi connectivity index (χ2n) is 6.89. The fourth-order valence-corrected chi connectivity index (χ4v) is 3.67.